The molecule has 9 nitrogen and oxygen atoms in total. The Bertz CT molecular complexity index is 1050. The molecule has 180 valence electrons. The first kappa shape index (κ1) is 23.6. The maximum Gasteiger partial charge on any atom is 0.325 e. The maximum atomic E-state index is 13.1. The molecule has 2 aliphatic heterocycles. The van der Waals surface area contributed by atoms with Gasteiger partial charge in [-0.05, 0) is 42.3 Å². The molecule has 0 radical (unpaired) electrons. The predicted molar refractivity (Wildman–Crippen MR) is 127 cm³/mol. The van der Waals surface area contributed by atoms with E-state index in [2.05, 4.69) is 10.2 Å². The van der Waals surface area contributed by atoms with Crippen LogP contribution < -0.4 is 15.0 Å². The third-order valence-corrected chi connectivity index (χ3v) is 6.39. The molecule has 2 aromatic rings. The van der Waals surface area contributed by atoms with Crippen molar-refractivity contribution in [3.05, 3.63) is 59.7 Å². The van der Waals surface area contributed by atoms with Gasteiger partial charge in [-0.2, -0.15) is 0 Å². The smallest absolute Gasteiger partial charge is 0.325 e. The lowest BCUT2D eigenvalue weighted by Crippen LogP contribution is -2.43. The zero-order chi connectivity index (χ0) is 24.3. The molecule has 2 saturated heterocycles. The van der Waals surface area contributed by atoms with Gasteiger partial charge in [-0.15, -0.1) is 0 Å². The number of amides is 4. The molecule has 4 amide bonds. The number of anilines is 1. The Labute approximate surface area is 199 Å². The largest absolute Gasteiger partial charge is 0.497 e. The monoisotopic (exact) mass is 466 g/mol. The van der Waals surface area contributed by atoms with Crippen molar-refractivity contribution in [3.8, 4) is 5.75 Å². The van der Waals surface area contributed by atoms with Crippen LogP contribution in [0, 0.1) is 0 Å². The summed E-state index contributed by atoms with van der Waals surface area (Å²) in [7, 11) is 3.22. The molecule has 34 heavy (non-hydrogen) atoms. The van der Waals surface area contributed by atoms with Gasteiger partial charge in [0.1, 0.15) is 17.8 Å². The van der Waals surface area contributed by atoms with E-state index >= 15 is 0 Å². The van der Waals surface area contributed by atoms with Gasteiger partial charge in [-0.1, -0.05) is 24.3 Å². The third kappa shape index (κ3) is 4.70. The summed E-state index contributed by atoms with van der Waals surface area (Å²) < 4.78 is 10.6. The lowest BCUT2D eigenvalue weighted by Gasteiger charge is -2.29. The molecule has 0 aromatic heterocycles. The molecule has 2 heterocycles. The molecule has 1 atom stereocenters. The van der Waals surface area contributed by atoms with Crippen LogP contribution in [0.4, 0.5) is 10.5 Å². The number of urea groups is 1. The van der Waals surface area contributed by atoms with Crippen LogP contribution in [0.5, 0.6) is 5.75 Å². The highest BCUT2D eigenvalue weighted by molar-refractivity contribution is 6.09. The number of imide groups is 1. The molecule has 1 N–H and O–H groups in total. The Morgan fingerprint density at radius 3 is 2.35 bits per heavy atom. The number of hydrogen-bond donors (Lipinski definition) is 1. The molecule has 4 rings (SSSR count). The van der Waals surface area contributed by atoms with E-state index < -0.39 is 17.5 Å². The van der Waals surface area contributed by atoms with Gasteiger partial charge in [0, 0.05) is 32.4 Å². The summed E-state index contributed by atoms with van der Waals surface area (Å²) in [6.07, 6.45) is 0. The lowest BCUT2D eigenvalue weighted by atomic mass is 9.92. The average molecular weight is 467 g/mol. The zero-order valence-electron chi connectivity index (χ0n) is 19.7. The van der Waals surface area contributed by atoms with Crippen molar-refractivity contribution in [1.29, 1.82) is 0 Å². The second-order valence-electron chi connectivity index (χ2n) is 8.69. The van der Waals surface area contributed by atoms with Gasteiger partial charge in [0.15, 0.2) is 0 Å². The number of morpholine rings is 1. The highest BCUT2D eigenvalue weighted by Gasteiger charge is 2.49. The fraction of sp³-hybridized carbons (Fsp3) is 0.400. The normalized spacial score (nSPS) is 20.3. The average Bonchev–Trinajstić information content (AvgIpc) is 3.08. The number of benzene rings is 2. The minimum Gasteiger partial charge on any atom is -0.497 e. The highest BCUT2D eigenvalue weighted by atomic mass is 16.5. The SMILES string of the molecule is COc1ccc(C2(C)NC(=O)N(CC(=O)N(C)Cc3ccc(N4CCOCC4)cc3)C2=O)cc1. The van der Waals surface area contributed by atoms with Gasteiger partial charge in [0.05, 0.1) is 20.3 Å². The number of methoxy groups -OCH3 is 1. The van der Waals surface area contributed by atoms with Crippen molar-refractivity contribution < 1.29 is 23.9 Å². The summed E-state index contributed by atoms with van der Waals surface area (Å²) in [5.74, 6) is -0.130. The van der Waals surface area contributed by atoms with Gasteiger partial charge in [0.25, 0.3) is 5.91 Å². The first-order valence-electron chi connectivity index (χ1n) is 11.3. The second-order valence-corrected chi connectivity index (χ2v) is 8.69. The highest BCUT2D eigenvalue weighted by Crippen LogP contribution is 2.30. The van der Waals surface area contributed by atoms with Crippen LogP contribution in [0.2, 0.25) is 0 Å². The van der Waals surface area contributed by atoms with E-state index in [0.717, 1.165) is 42.5 Å². The summed E-state index contributed by atoms with van der Waals surface area (Å²) in [4.78, 5) is 43.3. The van der Waals surface area contributed by atoms with Crippen LogP contribution in [-0.4, -0.2) is 74.7 Å². The minimum absolute atomic E-state index is 0.320. The zero-order valence-corrected chi connectivity index (χ0v) is 19.7. The minimum atomic E-state index is -1.24. The molecule has 0 spiro atoms. The van der Waals surface area contributed by atoms with E-state index in [1.54, 1.807) is 45.3 Å². The van der Waals surface area contributed by atoms with Crippen LogP contribution in [-0.2, 0) is 26.4 Å². The molecule has 1 unspecified atom stereocenters. The van der Waals surface area contributed by atoms with Crippen molar-refractivity contribution in [2.75, 3.05) is 51.9 Å². The van der Waals surface area contributed by atoms with Crippen molar-refractivity contribution in [1.82, 2.24) is 15.1 Å². The van der Waals surface area contributed by atoms with E-state index in [9.17, 15) is 14.4 Å². The lowest BCUT2D eigenvalue weighted by molar-refractivity contribution is -0.138. The van der Waals surface area contributed by atoms with E-state index in [0.29, 0.717) is 17.9 Å². The number of nitrogens with one attached hydrogen (secondary N) is 1. The number of rotatable bonds is 7. The van der Waals surface area contributed by atoms with Crippen LogP contribution >= 0.6 is 0 Å². The van der Waals surface area contributed by atoms with Gasteiger partial charge < -0.3 is 24.6 Å². The fourth-order valence-corrected chi connectivity index (χ4v) is 4.21. The van der Waals surface area contributed by atoms with Crippen LogP contribution in [0.25, 0.3) is 0 Å². The molecular formula is C25H30N4O5. The van der Waals surface area contributed by atoms with Crippen molar-refractivity contribution in [2.45, 2.75) is 19.0 Å². The topological polar surface area (TPSA) is 91.4 Å². The van der Waals surface area contributed by atoms with Crippen LogP contribution in [0.1, 0.15) is 18.1 Å². The quantitative estimate of drug-likeness (QED) is 0.628. The molecule has 0 saturated carbocycles. The van der Waals surface area contributed by atoms with E-state index in [-0.39, 0.29) is 12.5 Å². The Morgan fingerprint density at radius 1 is 1.09 bits per heavy atom. The number of hydrogen-bond acceptors (Lipinski definition) is 6. The molecule has 0 aliphatic carbocycles. The molecule has 9 heteroatoms. The van der Waals surface area contributed by atoms with Gasteiger partial charge in [0.2, 0.25) is 5.91 Å². The van der Waals surface area contributed by atoms with Crippen molar-refractivity contribution in [3.63, 3.8) is 0 Å². The summed E-state index contributed by atoms with van der Waals surface area (Å²) in [5, 5.41) is 2.73. The first-order chi connectivity index (χ1) is 16.3. The van der Waals surface area contributed by atoms with Gasteiger partial charge in [-0.3, -0.25) is 14.5 Å². The van der Waals surface area contributed by atoms with E-state index in [4.69, 9.17) is 9.47 Å². The molecule has 0 bridgehead atoms. The van der Waals surface area contributed by atoms with Crippen molar-refractivity contribution in [2.24, 2.45) is 0 Å². The molecule has 2 aromatic carbocycles. The fourth-order valence-electron chi connectivity index (χ4n) is 4.21. The summed E-state index contributed by atoms with van der Waals surface area (Å²) in [6, 6.07) is 14.4. The number of nitrogens with zero attached hydrogens (tertiary/aromatic N) is 3. The maximum absolute atomic E-state index is 13.1. The summed E-state index contributed by atoms with van der Waals surface area (Å²) in [6.45, 7) is 4.86. The van der Waals surface area contributed by atoms with Crippen LogP contribution in [0.3, 0.4) is 0 Å². The van der Waals surface area contributed by atoms with Crippen molar-refractivity contribution >= 4 is 23.5 Å². The van der Waals surface area contributed by atoms with Gasteiger partial charge >= 0.3 is 6.03 Å². The Hall–Kier alpha value is -3.59. The predicted octanol–water partition coefficient (Wildman–Crippen LogP) is 1.96. The Morgan fingerprint density at radius 2 is 1.74 bits per heavy atom. The summed E-state index contributed by atoms with van der Waals surface area (Å²) in [5.41, 5.74) is 1.47. The number of carbonyl (C=O) groups is 3. The van der Waals surface area contributed by atoms with Crippen LogP contribution in [0.15, 0.2) is 48.5 Å². The van der Waals surface area contributed by atoms with E-state index in [1.165, 1.54) is 4.90 Å². The standard InChI is InChI=1S/C25H30N4O5/c1-25(19-6-10-21(33-3)11-7-19)23(31)29(24(32)26-25)17-22(30)27(2)16-18-4-8-20(9-5-18)28-12-14-34-15-13-28/h4-11H,12-17H2,1-3H3,(H,26,32). The number of ether oxygens (including phenoxy) is 2. The summed E-state index contributed by atoms with van der Waals surface area (Å²) >= 11 is 0. The van der Waals surface area contributed by atoms with E-state index in [1.807, 2.05) is 24.3 Å². The second kappa shape index (κ2) is 9.72. The number of likely N-dealkylation sites (N-methyl/N-ethyl adjacent to an activating group) is 1. The van der Waals surface area contributed by atoms with Gasteiger partial charge in [-0.25, -0.2) is 4.79 Å². The number of carbonyl (C=O) groups excluding carboxylic acids is 3. The molecular weight excluding hydrogens is 436 g/mol. The third-order valence-electron chi connectivity index (χ3n) is 6.39. The Balaban J connectivity index is 1.37. The first-order valence-corrected chi connectivity index (χ1v) is 11.3. The molecule has 2 aliphatic rings. The molecule has 2 fully saturated rings. The Kier molecular flexibility index (Phi) is 6.74.